The van der Waals surface area contributed by atoms with Crippen LogP contribution in [-0.2, 0) is 12.0 Å². The minimum Gasteiger partial charge on any atom is -0.493 e. The van der Waals surface area contributed by atoms with E-state index in [0.29, 0.717) is 36.2 Å². The first kappa shape index (κ1) is 20.4. The number of halogens is 1. The lowest BCUT2D eigenvalue weighted by molar-refractivity contribution is 0.305. The van der Waals surface area contributed by atoms with Crippen LogP contribution in [0.15, 0.2) is 36.4 Å². The van der Waals surface area contributed by atoms with E-state index in [4.69, 9.17) is 25.8 Å². The molecular weight excluding hydrogens is 350 g/mol. The Morgan fingerprint density at radius 1 is 0.962 bits per heavy atom. The van der Waals surface area contributed by atoms with Gasteiger partial charge >= 0.3 is 0 Å². The molecule has 2 aromatic rings. The molecule has 2 aromatic carbocycles. The van der Waals surface area contributed by atoms with Gasteiger partial charge in [-0.3, -0.25) is 0 Å². The molecule has 0 heterocycles. The van der Waals surface area contributed by atoms with Gasteiger partial charge in [-0.05, 0) is 28.7 Å². The monoisotopic (exact) mass is 377 g/mol. The highest BCUT2D eigenvalue weighted by Crippen LogP contribution is 2.33. The summed E-state index contributed by atoms with van der Waals surface area (Å²) in [6.07, 6.45) is 0. The number of hydrogen-bond donors (Lipinski definition) is 1. The van der Waals surface area contributed by atoms with Gasteiger partial charge in [0.2, 0.25) is 0 Å². The molecule has 0 fully saturated rings. The molecule has 0 amide bonds. The zero-order chi connectivity index (χ0) is 19.2. The van der Waals surface area contributed by atoms with E-state index in [1.807, 2.05) is 24.3 Å². The smallest absolute Gasteiger partial charge is 0.162 e. The molecule has 0 aliphatic heterocycles. The minimum absolute atomic E-state index is 0.0528. The van der Waals surface area contributed by atoms with Crippen molar-refractivity contribution in [3.05, 3.63) is 52.5 Å². The Hall–Kier alpha value is -1.91. The van der Waals surface area contributed by atoms with E-state index in [9.17, 15) is 0 Å². The molecule has 142 valence electrons. The van der Waals surface area contributed by atoms with Crippen LogP contribution in [0.5, 0.6) is 17.2 Å². The maximum Gasteiger partial charge on any atom is 0.162 e. The van der Waals surface area contributed by atoms with Crippen LogP contribution in [0.1, 0.15) is 31.9 Å². The van der Waals surface area contributed by atoms with Crippen molar-refractivity contribution in [1.29, 1.82) is 0 Å². The third-order valence-electron chi connectivity index (χ3n) is 4.10. The van der Waals surface area contributed by atoms with Gasteiger partial charge < -0.3 is 19.5 Å². The minimum atomic E-state index is 0.0528. The van der Waals surface area contributed by atoms with E-state index in [-0.39, 0.29) is 5.41 Å². The number of hydrogen-bond acceptors (Lipinski definition) is 4. The Bertz CT molecular complexity index is 726. The number of benzene rings is 2. The summed E-state index contributed by atoms with van der Waals surface area (Å²) in [5.74, 6) is 2.23. The maximum absolute atomic E-state index is 6.31. The van der Waals surface area contributed by atoms with Gasteiger partial charge in [0.05, 0.1) is 14.2 Å². The summed E-state index contributed by atoms with van der Waals surface area (Å²) in [4.78, 5) is 0. The normalized spacial score (nSPS) is 11.3. The average Bonchev–Trinajstić information content (AvgIpc) is 2.61. The average molecular weight is 378 g/mol. The Morgan fingerprint density at radius 3 is 2.27 bits per heavy atom. The van der Waals surface area contributed by atoms with Crippen LogP contribution in [0.3, 0.4) is 0 Å². The Morgan fingerprint density at radius 2 is 1.62 bits per heavy atom. The van der Waals surface area contributed by atoms with Crippen LogP contribution in [0, 0.1) is 0 Å². The van der Waals surface area contributed by atoms with Crippen LogP contribution in [0.4, 0.5) is 0 Å². The second kappa shape index (κ2) is 9.15. The molecule has 0 spiro atoms. The highest BCUT2D eigenvalue weighted by Gasteiger charge is 2.18. The summed E-state index contributed by atoms with van der Waals surface area (Å²) in [6, 6.07) is 11.8. The largest absolute Gasteiger partial charge is 0.493 e. The molecule has 0 atom stereocenters. The third kappa shape index (κ3) is 5.29. The zero-order valence-corrected chi connectivity index (χ0v) is 16.9. The van der Waals surface area contributed by atoms with Crippen molar-refractivity contribution < 1.29 is 14.2 Å². The molecular formula is C21H28ClNO3. The lowest BCUT2D eigenvalue weighted by atomic mass is 9.86. The topological polar surface area (TPSA) is 39.7 Å². The van der Waals surface area contributed by atoms with Gasteiger partial charge in [-0.2, -0.15) is 0 Å². The number of rotatable bonds is 8. The molecule has 5 heteroatoms. The van der Waals surface area contributed by atoms with Crippen molar-refractivity contribution in [3.63, 3.8) is 0 Å². The first-order chi connectivity index (χ1) is 12.4. The molecule has 26 heavy (non-hydrogen) atoms. The first-order valence-corrected chi connectivity index (χ1v) is 9.08. The maximum atomic E-state index is 6.31. The highest BCUT2D eigenvalue weighted by atomic mass is 35.5. The Labute approximate surface area is 161 Å². The SMILES string of the molecule is COc1cc(Cl)c(CNCCOc2ccccc2C(C)(C)C)cc1OC. The fourth-order valence-corrected chi connectivity index (χ4v) is 2.92. The second-order valence-corrected chi connectivity index (χ2v) is 7.48. The molecule has 0 aliphatic carbocycles. The quantitative estimate of drug-likeness (QED) is 0.669. The van der Waals surface area contributed by atoms with Crippen molar-refractivity contribution in [3.8, 4) is 17.2 Å². The number of methoxy groups -OCH3 is 2. The van der Waals surface area contributed by atoms with Crippen LogP contribution < -0.4 is 19.5 Å². The molecule has 4 nitrogen and oxygen atoms in total. The van der Waals surface area contributed by atoms with Crippen LogP contribution in [-0.4, -0.2) is 27.4 Å². The van der Waals surface area contributed by atoms with E-state index < -0.39 is 0 Å². The molecule has 0 radical (unpaired) electrons. The molecule has 0 bridgehead atoms. The van der Waals surface area contributed by atoms with Crippen molar-refractivity contribution >= 4 is 11.6 Å². The lowest BCUT2D eigenvalue weighted by Gasteiger charge is -2.22. The van der Waals surface area contributed by atoms with E-state index in [1.165, 1.54) is 5.56 Å². The summed E-state index contributed by atoms with van der Waals surface area (Å²) in [7, 11) is 3.21. The van der Waals surface area contributed by atoms with E-state index >= 15 is 0 Å². The fraction of sp³-hybridized carbons (Fsp3) is 0.429. The Balaban J connectivity index is 1.89. The summed E-state index contributed by atoms with van der Waals surface area (Å²) in [5.41, 5.74) is 2.22. The van der Waals surface area contributed by atoms with Crippen molar-refractivity contribution in [1.82, 2.24) is 5.32 Å². The van der Waals surface area contributed by atoms with E-state index in [2.05, 4.69) is 32.2 Å². The van der Waals surface area contributed by atoms with Crippen LogP contribution in [0.2, 0.25) is 5.02 Å². The molecule has 0 aromatic heterocycles. The molecule has 2 rings (SSSR count). The molecule has 0 saturated heterocycles. The van der Waals surface area contributed by atoms with Gasteiger partial charge in [-0.15, -0.1) is 0 Å². The third-order valence-corrected chi connectivity index (χ3v) is 4.45. The van der Waals surface area contributed by atoms with E-state index in [0.717, 1.165) is 11.3 Å². The summed E-state index contributed by atoms with van der Waals surface area (Å²) < 4.78 is 16.6. The molecule has 1 N–H and O–H groups in total. The van der Waals surface area contributed by atoms with Gasteiger partial charge in [0.1, 0.15) is 12.4 Å². The van der Waals surface area contributed by atoms with Gasteiger partial charge in [0.15, 0.2) is 11.5 Å². The zero-order valence-electron chi connectivity index (χ0n) is 16.2. The van der Waals surface area contributed by atoms with Crippen molar-refractivity contribution in [2.24, 2.45) is 0 Å². The second-order valence-electron chi connectivity index (χ2n) is 7.07. The summed E-state index contributed by atoms with van der Waals surface area (Å²) >= 11 is 6.31. The number of ether oxygens (including phenoxy) is 3. The number of nitrogens with one attached hydrogen (secondary N) is 1. The molecule has 0 saturated carbocycles. The first-order valence-electron chi connectivity index (χ1n) is 8.70. The fourth-order valence-electron chi connectivity index (χ4n) is 2.70. The molecule has 0 aliphatic rings. The summed E-state index contributed by atoms with van der Waals surface area (Å²) in [5, 5.41) is 4.00. The highest BCUT2D eigenvalue weighted by molar-refractivity contribution is 6.31. The van der Waals surface area contributed by atoms with Crippen molar-refractivity contribution in [2.75, 3.05) is 27.4 Å². The van der Waals surface area contributed by atoms with E-state index in [1.54, 1.807) is 20.3 Å². The lowest BCUT2D eigenvalue weighted by Crippen LogP contribution is -2.22. The predicted molar refractivity (Wildman–Crippen MR) is 107 cm³/mol. The van der Waals surface area contributed by atoms with Crippen molar-refractivity contribution in [2.45, 2.75) is 32.7 Å². The standard InChI is InChI=1S/C21H28ClNO3/c1-21(2,3)16-8-6-7-9-18(16)26-11-10-23-14-15-12-19(24-4)20(25-5)13-17(15)22/h6-9,12-13,23H,10-11,14H2,1-5H3. The van der Waals surface area contributed by atoms with Gasteiger partial charge in [0, 0.05) is 24.2 Å². The predicted octanol–water partition coefficient (Wildman–Crippen LogP) is 4.82. The van der Waals surface area contributed by atoms with Gasteiger partial charge in [-0.1, -0.05) is 50.6 Å². The van der Waals surface area contributed by atoms with Gasteiger partial charge in [-0.25, -0.2) is 0 Å². The summed E-state index contributed by atoms with van der Waals surface area (Å²) in [6.45, 7) is 8.48. The van der Waals surface area contributed by atoms with Crippen LogP contribution in [0.25, 0.3) is 0 Å². The van der Waals surface area contributed by atoms with Gasteiger partial charge in [0.25, 0.3) is 0 Å². The number of para-hydroxylation sites is 1. The molecule has 0 unspecified atom stereocenters. The van der Waals surface area contributed by atoms with Crippen LogP contribution >= 0.6 is 11.6 Å². The Kier molecular flexibility index (Phi) is 7.18.